The molecular weight excluding hydrogens is 576 g/mol. The SMILES string of the molecule is CC(C)CNC(=O)C(Cc1ccccc1)N(Cc1ccc(F)cc1)C(=O)CN(c1ccc(Cl)c(Cl)c1)S(C)(=O)=O. The molecule has 1 atom stereocenters. The maximum atomic E-state index is 14.0. The number of nitrogens with one attached hydrogen (secondary N) is 1. The summed E-state index contributed by atoms with van der Waals surface area (Å²) in [7, 11) is -3.95. The first-order valence-corrected chi connectivity index (χ1v) is 15.2. The third kappa shape index (κ3) is 8.94. The first kappa shape index (κ1) is 31.4. The zero-order chi connectivity index (χ0) is 29.4. The van der Waals surface area contributed by atoms with Crippen LogP contribution in [-0.4, -0.2) is 50.5 Å². The van der Waals surface area contributed by atoms with Crippen molar-refractivity contribution in [1.29, 1.82) is 0 Å². The normalized spacial score (nSPS) is 12.2. The van der Waals surface area contributed by atoms with Gasteiger partial charge in [-0.25, -0.2) is 12.8 Å². The van der Waals surface area contributed by atoms with Crippen molar-refractivity contribution in [2.75, 3.05) is 23.7 Å². The van der Waals surface area contributed by atoms with Crippen molar-refractivity contribution in [2.45, 2.75) is 32.9 Å². The third-order valence-electron chi connectivity index (χ3n) is 6.09. The Hall–Kier alpha value is -3.14. The van der Waals surface area contributed by atoms with Gasteiger partial charge in [0.2, 0.25) is 21.8 Å². The zero-order valence-corrected chi connectivity index (χ0v) is 24.8. The summed E-state index contributed by atoms with van der Waals surface area (Å²) < 4.78 is 40.2. The summed E-state index contributed by atoms with van der Waals surface area (Å²) in [6.07, 6.45) is 1.16. The molecule has 1 unspecified atom stereocenters. The van der Waals surface area contributed by atoms with Crippen molar-refractivity contribution >= 4 is 50.7 Å². The average molecular weight is 609 g/mol. The highest BCUT2D eigenvalue weighted by Gasteiger charge is 2.33. The number of hydrogen-bond donors (Lipinski definition) is 1. The minimum absolute atomic E-state index is 0.0509. The van der Waals surface area contributed by atoms with E-state index in [-0.39, 0.29) is 40.5 Å². The van der Waals surface area contributed by atoms with Crippen molar-refractivity contribution in [3.05, 3.63) is 99.8 Å². The van der Waals surface area contributed by atoms with Crippen LogP contribution in [0.5, 0.6) is 0 Å². The molecule has 2 amide bonds. The molecule has 1 N–H and O–H groups in total. The summed E-state index contributed by atoms with van der Waals surface area (Å²) in [5, 5.41) is 3.26. The average Bonchev–Trinajstić information content (AvgIpc) is 2.90. The van der Waals surface area contributed by atoms with Crippen molar-refractivity contribution < 1.29 is 22.4 Å². The van der Waals surface area contributed by atoms with Crippen molar-refractivity contribution in [3.63, 3.8) is 0 Å². The predicted molar refractivity (Wildman–Crippen MR) is 157 cm³/mol. The summed E-state index contributed by atoms with van der Waals surface area (Å²) >= 11 is 12.2. The van der Waals surface area contributed by atoms with Crippen LogP contribution in [0.25, 0.3) is 0 Å². The van der Waals surface area contributed by atoms with Gasteiger partial charge < -0.3 is 10.2 Å². The molecule has 7 nitrogen and oxygen atoms in total. The van der Waals surface area contributed by atoms with E-state index in [0.29, 0.717) is 12.1 Å². The van der Waals surface area contributed by atoms with Crippen LogP contribution in [0.3, 0.4) is 0 Å². The number of nitrogens with zero attached hydrogens (tertiary/aromatic N) is 2. The highest BCUT2D eigenvalue weighted by atomic mass is 35.5. The Labute approximate surface area is 244 Å². The molecular formula is C29H32Cl2FN3O4S. The second-order valence-corrected chi connectivity index (χ2v) is 12.6. The first-order valence-electron chi connectivity index (χ1n) is 12.6. The van der Waals surface area contributed by atoms with Crippen LogP contribution in [-0.2, 0) is 32.6 Å². The smallest absolute Gasteiger partial charge is 0.244 e. The molecule has 3 aromatic rings. The summed E-state index contributed by atoms with van der Waals surface area (Å²) in [5.41, 5.74) is 1.54. The number of carbonyl (C=O) groups is 2. The molecule has 0 saturated heterocycles. The Morgan fingerprint density at radius 3 is 2.15 bits per heavy atom. The summed E-state index contributed by atoms with van der Waals surface area (Å²) in [6.45, 7) is 3.65. The number of amides is 2. The van der Waals surface area contributed by atoms with E-state index in [1.807, 2.05) is 44.2 Å². The van der Waals surface area contributed by atoms with Gasteiger partial charge >= 0.3 is 0 Å². The molecule has 214 valence electrons. The Morgan fingerprint density at radius 1 is 0.925 bits per heavy atom. The number of hydrogen-bond acceptors (Lipinski definition) is 4. The number of sulfonamides is 1. The second-order valence-electron chi connectivity index (χ2n) is 9.86. The molecule has 0 saturated carbocycles. The fourth-order valence-corrected chi connectivity index (χ4v) is 5.15. The molecule has 3 aromatic carbocycles. The van der Waals surface area contributed by atoms with Crippen molar-refractivity contribution in [1.82, 2.24) is 10.2 Å². The fraction of sp³-hybridized carbons (Fsp3) is 0.310. The molecule has 0 radical (unpaired) electrons. The van der Waals surface area contributed by atoms with E-state index in [2.05, 4.69) is 5.32 Å². The van der Waals surface area contributed by atoms with Crippen LogP contribution in [0.15, 0.2) is 72.8 Å². The Morgan fingerprint density at radius 2 is 1.57 bits per heavy atom. The maximum absolute atomic E-state index is 14.0. The quantitative estimate of drug-likeness (QED) is 0.302. The minimum atomic E-state index is -3.95. The van der Waals surface area contributed by atoms with Crippen molar-refractivity contribution in [2.24, 2.45) is 5.92 Å². The predicted octanol–water partition coefficient (Wildman–Crippen LogP) is 5.31. The Bertz CT molecular complexity index is 1420. The topological polar surface area (TPSA) is 86.8 Å². The van der Waals surface area contributed by atoms with E-state index in [9.17, 15) is 22.4 Å². The highest BCUT2D eigenvalue weighted by molar-refractivity contribution is 7.92. The van der Waals surface area contributed by atoms with Crippen LogP contribution < -0.4 is 9.62 Å². The number of anilines is 1. The van der Waals surface area contributed by atoms with E-state index in [0.717, 1.165) is 16.1 Å². The number of benzene rings is 3. The summed E-state index contributed by atoms with van der Waals surface area (Å²) in [5.74, 6) is -1.28. The number of rotatable bonds is 12. The lowest BCUT2D eigenvalue weighted by Crippen LogP contribution is -2.53. The number of halogens is 3. The molecule has 0 spiro atoms. The highest BCUT2D eigenvalue weighted by Crippen LogP contribution is 2.29. The molecule has 11 heteroatoms. The van der Waals surface area contributed by atoms with Gasteiger partial charge in [-0.05, 0) is 47.4 Å². The first-order chi connectivity index (χ1) is 18.8. The lowest BCUT2D eigenvalue weighted by atomic mass is 10.0. The van der Waals surface area contributed by atoms with E-state index >= 15 is 0 Å². The van der Waals surface area contributed by atoms with Gasteiger partial charge in [0.15, 0.2) is 0 Å². The molecule has 0 bridgehead atoms. The second kappa shape index (κ2) is 14.0. The van der Waals surface area contributed by atoms with E-state index < -0.39 is 34.3 Å². The van der Waals surface area contributed by atoms with Gasteiger partial charge in [-0.2, -0.15) is 0 Å². The van der Waals surface area contributed by atoms with Crippen LogP contribution in [0.1, 0.15) is 25.0 Å². The molecule has 0 heterocycles. The van der Waals surface area contributed by atoms with E-state index in [1.54, 1.807) is 0 Å². The largest absolute Gasteiger partial charge is 0.354 e. The van der Waals surface area contributed by atoms with Crippen molar-refractivity contribution in [3.8, 4) is 0 Å². The van der Waals surface area contributed by atoms with Gasteiger partial charge in [0.25, 0.3) is 0 Å². The molecule has 0 aliphatic rings. The van der Waals surface area contributed by atoms with Gasteiger partial charge in [-0.3, -0.25) is 13.9 Å². The standard InChI is InChI=1S/C29H32Cl2FN3O4S/c1-20(2)17-33-29(37)27(15-21-7-5-4-6-8-21)34(18-22-9-11-23(32)12-10-22)28(36)19-35(40(3,38)39)24-13-14-25(30)26(31)16-24/h4-14,16,20,27H,15,17-19H2,1-3H3,(H,33,37). The Kier molecular flexibility index (Phi) is 11.0. The molecule has 0 aliphatic heterocycles. The lowest BCUT2D eigenvalue weighted by molar-refractivity contribution is -0.140. The van der Waals surface area contributed by atoms with Gasteiger partial charge in [0, 0.05) is 19.5 Å². The Balaban J connectivity index is 2.05. The third-order valence-corrected chi connectivity index (χ3v) is 7.97. The lowest BCUT2D eigenvalue weighted by Gasteiger charge is -2.33. The van der Waals surface area contributed by atoms with E-state index in [4.69, 9.17) is 23.2 Å². The van der Waals surface area contributed by atoms with Gasteiger partial charge in [-0.1, -0.05) is 79.5 Å². The maximum Gasteiger partial charge on any atom is 0.244 e. The van der Waals surface area contributed by atoms with Crippen LogP contribution in [0, 0.1) is 11.7 Å². The summed E-state index contributed by atoms with van der Waals surface area (Å²) in [4.78, 5) is 28.9. The van der Waals surface area contributed by atoms with Crippen LogP contribution in [0.4, 0.5) is 10.1 Å². The zero-order valence-electron chi connectivity index (χ0n) is 22.5. The monoisotopic (exact) mass is 607 g/mol. The molecule has 0 aromatic heterocycles. The fourth-order valence-electron chi connectivity index (χ4n) is 4.02. The molecule has 0 aliphatic carbocycles. The molecule has 40 heavy (non-hydrogen) atoms. The van der Waals surface area contributed by atoms with Gasteiger partial charge in [0.05, 0.1) is 22.0 Å². The van der Waals surface area contributed by atoms with Gasteiger partial charge in [0.1, 0.15) is 18.4 Å². The minimum Gasteiger partial charge on any atom is -0.354 e. The van der Waals surface area contributed by atoms with Crippen LogP contribution in [0.2, 0.25) is 10.0 Å². The van der Waals surface area contributed by atoms with Crippen LogP contribution >= 0.6 is 23.2 Å². The van der Waals surface area contributed by atoms with Gasteiger partial charge in [-0.15, -0.1) is 0 Å². The molecule has 3 rings (SSSR count). The van der Waals surface area contributed by atoms with E-state index in [1.165, 1.54) is 47.4 Å². The molecule has 0 fully saturated rings. The summed E-state index contributed by atoms with van der Waals surface area (Å²) in [6, 6.07) is 18.1. The number of carbonyl (C=O) groups excluding carboxylic acids is 2.